The highest BCUT2D eigenvalue weighted by molar-refractivity contribution is 5.67. The lowest BCUT2D eigenvalue weighted by Gasteiger charge is -2.34. The van der Waals surface area contributed by atoms with Gasteiger partial charge in [0.1, 0.15) is 11.4 Å². The number of amides is 1. The molecule has 24 heavy (non-hydrogen) atoms. The lowest BCUT2D eigenvalue weighted by atomic mass is 10.2. The van der Waals surface area contributed by atoms with Crippen molar-refractivity contribution >= 4 is 6.09 Å². The van der Waals surface area contributed by atoms with Crippen LogP contribution in [0.3, 0.4) is 0 Å². The van der Waals surface area contributed by atoms with Crippen LogP contribution in [0.15, 0.2) is 24.3 Å². The largest absolute Gasteiger partial charge is 0.444 e. The molecule has 134 valence electrons. The molecule has 0 spiro atoms. The second-order valence-corrected chi connectivity index (χ2v) is 7.17. The number of nitrogens with zero attached hydrogens (tertiary/aromatic N) is 2. The fraction of sp³-hybridized carbons (Fsp3) is 0.611. The molecule has 0 radical (unpaired) electrons. The fourth-order valence-corrected chi connectivity index (χ4v) is 2.65. The van der Waals surface area contributed by atoms with Crippen molar-refractivity contribution < 1.29 is 13.9 Å². The zero-order chi connectivity index (χ0) is 17.6. The molecule has 0 unspecified atom stereocenters. The number of benzene rings is 1. The van der Waals surface area contributed by atoms with Crippen LogP contribution in [0.25, 0.3) is 0 Å². The minimum absolute atomic E-state index is 0.193. The molecule has 2 rings (SSSR count). The number of ether oxygens (including phenoxy) is 1. The molecule has 1 aliphatic rings. The summed E-state index contributed by atoms with van der Waals surface area (Å²) in [6, 6.07) is 6.70. The summed E-state index contributed by atoms with van der Waals surface area (Å²) in [5.74, 6) is -0.193. The molecular weight excluding hydrogens is 309 g/mol. The van der Waals surface area contributed by atoms with Crippen molar-refractivity contribution in [1.82, 2.24) is 15.1 Å². The number of carbonyl (C=O) groups excluding carboxylic acids is 1. The molecule has 1 saturated heterocycles. The molecular formula is C18H28FN3O2. The lowest BCUT2D eigenvalue weighted by molar-refractivity contribution is 0.0515. The Morgan fingerprint density at radius 2 is 1.71 bits per heavy atom. The maximum absolute atomic E-state index is 12.9. The predicted octanol–water partition coefficient (Wildman–Crippen LogP) is 2.47. The summed E-state index contributed by atoms with van der Waals surface area (Å²) in [6.45, 7) is 11.7. The first-order valence-corrected chi connectivity index (χ1v) is 8.48. The van der Waals surface area contributed by atoms with E-state index in [-0.39, 0.29) is 11.9 Å². The van der Waals surface area contributed by atoms with E-state index in [1.54, 1.807) is 0 Å². The number of halogens is 1. The molecule has 0 aromatic heterocycles. The quantitative estimate of drug-likeness (QED) is 0.896. The van der Waals surface area contributed by atoms with E-state index < -0.39 is 5.60 Å². The summed E-state index contributed by atoms with van der Waals surface area (Å²) in [7, 11) is 0. The Hall–Kier alpha value is -1.66. The Kier molecular flexibility index (Phi) is 6.57. The summed E-state index contributed by atoms with van der Waals surface area (Å²) >= 11 is 0. The van der Waals surface area contributed by atoms with E-state index in [1.165, 1.54) is 12.1 Å². The average Bonchev–Trinajstić information content (AvgIpc) is 2.49. The van der Waals surface area contributed by atoms with Crippen LogP contribution < -0.4 is 5.32 Å². The second-order valence-electron chi connectivity index (χ2n) is 7.17. The number of nitrogens with one attached hydrogen (secondary N) is 1. The minimum atomic E-state index is -0.462. The molecule has 0 saturated carbocycles. The molecule has 1 fully saturated rings. The third-order valence-electron chi connectivity index (χ3n) is 3.88. The second kappa shape index (κ2) is 8.44. The van der Waals surface area contributed by atoms with Crippen LogP contribution in [0, 0.1) is 5.82 Å². The Bertz CT molecular complexity index is 520. The number of piperazine rings is 1. The predicted molar refractivity (Wildman–Crippen MR) is 92.4 cm³/mol. The van der Waals surface area contributed by atoms with Crippen LogP contribution in [-0.2, 0) is 11.3 Å². The van der Waals surface area contributed by atoms with Crippen LogP contribution in [0.5, 0.6) is 0 Å². The van der Waals surface area contributed by atoms with Crippen molar-refractivity contribution in [3.05, 3.63) is 35.6 Å². The van der Waals surface area contributed by atoms with E-state index in [9.17, 15) is 9.18 Å². The summed E-state index contributed by atoms with van der Waals surface area (Å²) in [5, 5.41) is 2.79. The van der Waals surface area contributed by atoms with E-state index in [0.717, 1.165) is 44.8 Å². The first-order valence-electron chi connectivity index (χ1n) is 8.48. The van der Waals surface area contributed by atoms with E-state index >= 15 is 0 Å². The molecule has 0 atom stereocenters. The molecule has 1 aromatic carbocycles. The van der Waals surface area contributed by atoms with Gasteiger partial charge in [0, 0.05) is 45.8 Å². The highest BCUT2D eigenvalue weighted by Crippen LogP contribution is 2.10. The zero-order valence-corrected chi connectivity index (χ0v) is 14.8. The Morgan fingerprint density at radius 3 is 2.29 bits per heavy atom. The number of hydrogen-bond donors (Lipinski definition) is 1. The highest BCUT2D eigenvalue weighted by Gasteiger charge is 2.18. The van der Waals surface area contributed by atoms with Gasteiger partial charge in [-0.25, -0.2) is 9.18 Å². The summed E-state index contributed by atoms with van der Waals surface area (Å²) in [6.07, 6.45) is -0.363. The Balaban J connectivity index is 1.62. The SMILES string of the molecule is CC(C)(C)OC(=O)NCCN1CCN(Cc2ccc(F)cc2)CC1. The van der Waals surface area contributed by atoms with Gasteiger partial charge in [0.2, 0.25) is 0 Å². The minimum Gasteiger partial charge on any atom is -0.444 e. The third kappa shape index (κ3) is 6.84. The van der Waals surface area contributed by atoms with Crippen LogP contribution in [0.2, 0.25) is 0 Å². The standard InChI is InChI=1S/C18H28FN3O2/c1-18(2,3)24-17(23)20-8-9-21-10-12-22(13-11-21)14-15-4-6-16(19)7-5-15/h4-7H,8-14H2,1-3H3,(H,20,23). The Morgan fingerprint density at radius 1 is 1.12 bits per heavy atom. The van der Waals surface area contributed by atoms with Gasteiger partial charge in [-0.3, -0.25) is 9.80 Å². The maximum atomic E-state index is 12.9. The average molecular weight is 337 g/mol. The number of rotatable bonds is 5. The highest BCUT2D eigenvalue weighted by atomic mass is 19.1. The third-order valence-corrected chi connectivity index (χ3v) is 3.88. The molecule has 1 N–H and O–H groups in total. The van der Waals surface area contributed by atoms with Crippen LogP contribution in [0.1, 0.15) is 26.3 Å². The molecule has 1 heterocycles. The van der Waals surface area contributed by atoms with Crippen molar-refractivity contribution in [3.8, 4) is 0 Å². The molecule has 1 aliphatic heterocycles. The van der Waals surface area contributed by atoms with E-state index in [0.29, 0.717) is 6.54 Å². The van der Waals surface area contributed by atoms with Gasteiger partial charge >= 0.3 is 6.09 Å². The molecule has 1 aromatic rings. The monoisotopic (exact) mass is 337 g/mol. The van der Waals surface area contributed by atoms with Gasteiger partial charge in [0.25, 0.3) is 0 Å². The van der Waals surface area contributed by atoms with Gasteiger partial charge in [-0.2, -0.15) is 0 Å². The van der Waals surface area contributed by atoms with Gasteiger partial charge < -0.3 is 10.1 Å². The summed E-state index contributed by atoms with van der Waals surface area (Å²) < 4.78 is 18.1. The van der Waals surface area contributed by atoms with Gasteiger partial charge in [-0.05, 0) is 38.5 Å². The van der Waals surface area contributed by atoms with Crippen molar-refractivity contribution in [2.75, 3.05) is 39.3 Å². The maximum Gasteiger partial charge on any atom is 0.407 e. The van der Waals surface area contributed by atoms with Crippen molar-refractivity contribution in [1.29, 1.82) is 0 Å². The van der Waals surface area contributed by atoms with E-state index in [4.69, 9.17) is 4.74 Å². The molecule has 5 nitrogen and oxygen atoms in total. The first-order chi connectivity index (χ1) is 11.3. The van der Waals surface area contributed by atoms with Crippen molar-refractivity contribution in [2.24, 2.45) is 0 Å². The van der Waals surface area contributed by atoms with Gasteiger partial charge in [0.05, 0.1) is 0 Å². The van der Waals surface area contributed by atoms with Crippen molar-refractivity contribution in [3.63, 3.8) is 0 Å². The fourth-order valence-electron chi connectivity index (χ4n) is 2.65. The summed E-state index contributed by atoms with van der Waals surface area (Å²) in [4.78, 5) is 16.3. The number of hydrogen-bond acceptors (Lipinski definition) is 4. The topological polar surface area (TPSA) is 44.8 Å². The van der Waals surface area contributed by atoms with Gasteiger partial charge in [0.15, 0.2) is 0 Å². The number of alkyl carbamates (subject to hydrolysis) is 1. The number of carbonyl (C=O) groups is 1. The lowest BCUT2D eigenvalue weighted by Crippen LogP contribution is -2.48. The van der Waals surface area contributed by atoms with Crippen LogP contribution in [-0.4, -0.2) is 60.8 Å². The van der Waals surface area contributed by atoms with E-state index in [2.05, 4.69) is 15.1 Å². The molecule has 0 bridgehead atoms. The Labute approximate surface area is 143 Å². The molecule has 1 amide bonds. The van der Waals surface area contributed by atoms with Crippen molar-refractivity contribution in [2.45, 2.75) is 32.9 Å². The zero-order valence-electron chi connectivity index (χ0n) is 14.8. The van der Waals surface area contributed by atoms with E-state index in [1.807, 2.05) is 32.9 Å². The normalized spacial score (nSPS) is 16.8. The summed E-state index contributed by atoms with van der Waals surface area (Å²) in [5.41, 5.74) is 0.673. The molecule has 6 heteroatoms. The first kappa shape index (κ1) is 18.7. The van der Waals surface area contributed by atoms with Gasteiger partial charge in [-0.1, -0.05) is 12.1 Å². The smallest absolute Gasteiger partial charge is 0.407 e. The molecule has 0 aliphatic carbocycles. The van der Waals surface area contributed by atoms with Gasteiger partial charge in [-0.15, -0.1) is 0 Å². The van der Waals surface area contributed by atoms with Crippen LogP contribution >= 0.6 is 0 Å². The van der Waals surface area contributed by atoms with Crippen LogP contribution in [0.4, 0.5) is 9.18 Å².